The van der Waals surface area contributed by atoms with Gasteiger partial charge in [0, 0.05) is 19.5 Å². The molecule has 1 heterocycles. The lowest BCUT2D eigenvalue weighted by atomic mass is 10.1. The lowest BCUT2D eigenvalue weighted by Gasteiger charge is -2.35. The van der Waals surface area contributed by atoms with E-state index in [0.717, 1.165) is 4.90 Å². The average Bonchev–Trinajstić information content (AvgIpc) is 2.54. The Morgan fingerprint density at radius 3 is 2.50 bits per heavy atom. The van der Waals surface area contributed by atoms with Crippen molar-refractivity contribution >= 4 is 23.9 Å². The van der Waals surface area contributed by atoms with Crippen molar-refractivity contribution in [2.75, 3.05) is 13.1 Å². The molecule has 1 saturated heterocycles. The van der Waals surface area contributed by atoms with E-state index in [2.05, 4.69) is 0 Å². The van der Waals surface area contributed by atoms with Gasteiger partial charge in [0.1, 0.15) is 6.04 Å². The van der Waals surface area contributed by atoms with Gasteiger partial charge in [0.05, 0.1) is 12.1 Å². The Morgan fingerprint density at radius 1 is 1.21 bits per heavy atom. The Balaban J connectivity index is 2.19. The van der Waals surface area contributed by atoms with E-state index in [1.807, 2.05) is 0 Å². The van der Waals surface area contributed by atoms with Crippen LogP contribution in [0.5, 0.6) is 0 Å². The van der Waals surface area contributed by atoms with Crippen LogP contribution in [0.1, 0.15) is 22.3 Å². The van der Waals surface area contributed by atoms with Gasteiger partial charge < -0.3 is 20.8 Å². The summed E-state index contributed by atoms with van der Waals surface area (Å²) in [6, 6.07) is 4.13. The predicted octanol–water partition coefficient (Wildman–Crippen LogP) is -0.0490. The van der Waals surface area contributed by atoms with Gasteiger partial charge in [-0.15, -0.1) is 0 Å². The third-order valence-corrected chi connectivity index (χ3v) is 3.71. The number of benzene rings is 1. The average molecular weight is 335 g/mol. The highest BCUT2D eigenvalue weighted by molar-refractivity contribution is 5.97. The molecule has 0 saturated carbocycles. The largest absolute Gasteiger partial charge is 0.480 e. The number of aromatic carboxylic acids is 1. The summed E-state index contributed by atoms with van der Waals surface area (Å²) >= 11 is 0. The number of rotatable bonds is 6. The molecule has 1 aromatic carbocycles. The molecule has 2 rings (SSSR count). The molecule has 1 aromatic rings. The Labute approximate surface area is 137 Å². The van der Waals surface area contributed by atoms with Crippen molar-refractivity contribution in [2.45, 2.75) is 19.0 Å². The molecule has 0 radical (unpaired) electrons. The van der Waals surface area contributed by atoms with Crippen LogP contribution >= 0.6 is 0 Å². The van der Waals surface area contributed by atoms with Gasteiger partial charge in [-0.1, -0.05) is 18.2 Å². The van der Waals surface area contributed by atoms with Crippen LogP contribution in [-0.2, 0) is 16.1 Å². The van der Waals surface area contributed by atoms with Crippen LogP contribution in [0.25, 0.3) is 0 Å². The van der Waals surface area contributed by atoms with Crippen LogP contribution in [-0.4, -0.2) is 63.0 Å². The number of nitrogens with zero attached hydrogens (tertiary/aromatic N) is 2. The number of aliphatic carboxylic acids is 1. The minimum atomic E-state index is -1.25. The number of imide groups is 1. The van der Waals surface area contributed by atoms with E-state index < -0.39 is 29.9 Å². The maximum absolute atomic E-state index is 12.4. The van der Waals surface area contributed by atoms with Crippen LogP contribution in [0, 0.1) is 0 Å². The Kier molecular flexibility index (Phi) is 5.14. The van der Waals surface area contributed by atoms with E-state index in [-0.39, 0.29) is 31.6 Å². The standard InChI is InChI=1S/C15H17N3O6/c16-11(14(22)23)8-17-6-5-12(19)18(15(17)24)7-9-3-1-2-4-10(9)13(20)21/h1-4,11H,5-8,16H2,(H,20,21)(H,22,23)/t11-/m0/s1. The Hall–Kier alpha value is -2.94. The lowest BCUT2D eigenvalue weighted by Crippen LogP contribution is -2.55. The van der Waals surface area contributed by atoms with Gasteiger partial charge in [0.15, 0.2) is 0 Å². The van der Waals surface area contributed by atoms with E-state index in [1.165, 1.54) is 17.0 Å². The van der Waals surface area contributed by atoms with Crippen molar-refractivity contribution < 1.29 is 29.4 Å². The molecular formula is C15H17N3O6. The Morgan fingerprint density at radius 2 is 1.88 bits per heavy atom. The molecule has 0 aromatic heterocycles. The van der Waals surface area contributed by atoms with E-state index in [9.17, 15) is 24.3 Å². The van der Waals surface area contributed by atoms with Crippen molar-refractivity contribution in [1.82, 2.24) is 9.80 Å². The molecule has 9 nitrogen and oxygen atoms in total. The second-order valence-electron chi connectivity index (χ2n) is 5.37. The van der Waals surface area contributed by atoms with Crippen molar-refractivity contribution in [3.05, 3.63) is 35.4 Å². The molecule has 0 unspecified atom stereocenters. The highest BCUT2D eigenvalue weighted by Gasteiger charge is 2.34. The summed E-state index contributed by atoms with van der Waals surface area (Å²) < 4.78 is 0. The third-order valence-electron chi connectivity index (χ3n) is 3.71. The Bertz CT molecular complexity index is 690. The highest BCUT2D eigenvalue weighted by Crippen LogP contribution is 2.17. The minimum absolute atomic E-state index is 0.00235. The van der Waals surface area contributed by atoms with E-state index in [1.54, 1.807) is 12.1 Å². The van der Waals surface area contributed by atoms with Gasteiger partial charge in [-0.3, -0.25) is 14.5 Å². The second-order valence-corrected chi connectivity index (χ2v) is 5.37. The van der Waals surface area contributed by atoms with Crippen LogP contribution in [0.2, 0.25) is 0 Å². The number of carbonyl (C=O) groups is 4. The molecule has 4 N–H and O–H groups in total. The van der Waals surface area contributed by atoms with Crippen LogP contribution in [0.15, 0.2) is 24.3 Å². The fourth-order valence-corrected chi connectivity index (χ4v) is 2.42. The number of nitrogens with two attached hydrogens (primary N) is 1. The summed E-state index contributed by atoms with van der Waals surface area (Å²) in [6.45, 7) is -0.340. The summed E-state index contributed by atoms with van der Waals surface area (Å²) in [5, 5.41) is 18.0. The van der Waals surface area contributed by atoms with Gasteiger partial charge in [-0.05, 0) is 11.6 Å². The molecule has 1 aliphatic heterocycles. The maximum Gasteiger partial charge on any atom is 0.336 e. The molecule has 128 valence electrons. The molecular weight excluding hydrogens is 318 g/mol. The van der Waals surface area contributed by atoms with E-state index >= 15 is 0 Å². The molecule has 0 aliphatic carbocycles. The van der Waals surface area contributed by atoms with Crippen molar-refractivity contribution in [2.24, 2.45) is 5.73 Å². The summed E-state index contributed by atoms with van der Waals surface area (Å²) in [6.07, 6.45) is 0.0211. The zero-order valence-corrected chi connectivity index (χ0v) is 12.7. The quantitative estimate of drug-likeness (QED) is 0.661. The molecule has 1 atom stereocenters. The normalized spacial score (nSPS) is 16.2. The number of carbonyl (C=O) groups excluding carboxylic acids is 2. The lowest BCUT2D eigenvalue weighted by molar-refractivity contribution is -0.138. The summed E-state index contributed by atoms with van der Waals surface area (Å²) in [4.78, 5) is 48.6. The number of carboxylic acid groups (broad SMARTS) is 2. The summed E-state index contributed by atoms with van der Waals surface area (Å²) in [5.41, 5.74) is 5.74. The number of carboxylic acids is 2. The van der Waals surface area contributed by atoms with Crippen molar-refractivity contribution in [3.8, 4) is 0 Å². The van der Waals surface area contributed by atoms with Gasteiger partial charge in [-0.2, -0.15) is 0 Å². The molecule has 0 bridgehead atoms. The van der Waals surface area contributed by atoms with Crippen LogP contribution in [0.3, 0.4) is 0 Å². The second kappa shape index (κ2) is 7.09. The van der Waals surface area contributed by atoms with Crippen LogP contribution in [0.4, 0.5) is 4.79 Å². The summed E-state index contributed by atoms with van der Waals surface area (Å²) in [5.74, 6) is -2.85. The van der Waals surface area contributed by atoms with Crippen molar-refractivity contribution in [3.63, 3.8) is 0 Å². The molecule has 3 amide bonds. The first-order valence-electron chi connectivity index (χ1n) is 7.20. The molecule has 0 spiro atoms. The molecule has 1 fully saturated rings. The van der Waals surface area contributed by atoms with E-state index in [0.29, 0.717) is 5.56 Å². The number of hydrogen-bond donors (Lipinski definition) is 3. The third kappa shape index (κ3) is 3.69. The zero-order valence-electron chi connectivity index (χ0n) is 12.7. The monoisotopic (exact) mass is 335 g/mol. The number of urea groups is 1. The van der Waals surface area contributed by atoms with Gasteiger partial charge in [0.25, 0.3) is 0 Å². The first-order chi connectivity index (χ1) is 11.3. The first kappa shape index (κ1) is 17.4. The molecule has 9 heteroatoms. The van der Waals surface area contributed by atoms with Gasteiger partial charge in [-0.25, -0.2) is 9.59 Å². The first-order valence-corrected chi connectivity index (χ1v) is 7.20. The van der Waals surface area contributed by atoms with Gasteiger partial charge in [0.2, 0.25) is 5.91 Å². The van der Waals surface area contributed by atoms with E-state index in [4.69, 9.17) is 10.8 Å². The molecule has 1 aliphatic rings. The SMILES string of the molecule is N[C@@H](CN1CCC(=O)N(Cc2ccccc2C(=O)O)C1=O)C(=O)O. The zero-order chi connectivity index (χ0) is 17.9. The van der Waals surface area contributed by atoms with Gasteiger partial charge >= 0.3 is 18.0 Å². The highest BCUT2D eigenvalue weighted by atomic mass is 16.4. The topological polar surface area (TPSA) is 141 Å². The molecule has 24 heavy (non-hydrogen) atoms. The predicted molar refractivity (Wildman–Crippen MR) is 81.1 cm³/mol. The van der Waals surface area contributed by atoms with Crippen LogP contribution < -0.4 is 5.73 Å². The number of hydrogen-bond acceptors (Lipinski definition) is 5. The smallest absolute Gasteiger partial charge is 0.336 e. The number of amides is 3. The fraction of sp³-hybridized carbons (Fsp3) is 0.333. The maximum atomic E-state index is 12.4. The van der Waals surface area contributed by atoms with Crippen molar-refractivity contribution in [1.29, 1.82) is 0 Å². The summed E-state index contributed by atoms with van der Waals surface area (Å²) in [7, 11) is 0. The minimum Gasteiger partial charge on any atom is -0.480 e. The fourth-order valence-electron chi connectivity index (χ4n) is 2.42.